The molecule has 1 amide bonds. The smallest absolute Gasteiger partial charge is 0.307 e. The van der Waals surface area contributed by atoms with Crippen LogP contribution >= 0.6 is 15.9 Å². The van der Waals surface area contributed by atoms with E-state index in [1.54, 1.807) is 30.5 Å². The van der Waals surface area contributed by atoms with Crippen LogP contribution in [-0.2, 0) is 6.42 Å². The standard InChI is InChI=1S/C22H19BrN2O3/c1-3-5-16-11-15(6-8-19(16)27-10-4-2)14-24-25-22(26)21-13-17-12-18(23)7-9-20(17)28-21/h3-4,6-9,11-14H,1-2,5,10H2,(H,25,26)/b24-14+. The topological polar surface area (TPSA) is 63.8 Å². The number of carbonyl (C=O) groups is 1. The fourth-order valence-electron chi connectivity index (χ4n) is 2.63. The molecule has 3 rings (SSSR count). The van der Waals surface area contributed by atoms with Gasteiger partial charge in [0.1, 0.15) is 17.9 Å². The van der Waals surface area contributed by atoms with Crippen molar-refractivity contribution in [3.63, 3.8) is 0 Å². The molecule has 1 N–H and O–H groups in total. The quantitative estimate of drug-likeness (QED) is 0.296. The molecule has 1 heterocycles. The van der Waals surface area contributed by atoms with E-state index >= 15 is 0 Å². The number of rotatable bonds is 8. The molecule has 0 aliphatic heterocycles. The number of fused-ring (bicyclic) bond motifs is 1. The second kappa shape index (κ2) is 9.19. The first-order valence-electron chi connectivity index (χ1n) is 8.60. The van der Waals surface area contributed by atoms with E-state index in [4.69, 9.17) is 9.15 Å². The molecule has 2 aromatic carbocycles. The van der Waals surface area contributed by atoms with Gasteiger partial charge in [0.05, 0.1) is 6.21 Å². The van der Waals surface area contributed by atoms with Gasteiger partial charge in [-0.05, 0) is 60.0 Å². The van der Waals surface area contributed by atoms with Gasteiger partial charge in [0.15, 0.2) is 5.76 Å². The van der Waals surface area contributed by atoms with Crippen molar-refractivity contribution in [2.24, 2.45) is 5.10 Å². The maximum Gasteiger partial charge on any atom is 0.307 e. The molecule has 0 aliphatic carbocycles. The lowest BCUT2D eigenvalue weighted by Gasteiger charge is -2.09. The minimum Gasteiger partial charge on any atom is -0.489 e. The number of hydrogen-bond donors (Lipinski definition) is 1. The summed E-state index contributed by atoms with van der Waals surface area (Å²) >= 11 is 3.40. The van der Waals surface area contributed by atoms with Crippen LogP contribution in [0, 0.1) is 0 Å². The van der Waals surface area contributed by atoms with Crippen LogP contribution in [0.2, 0.25) is 0 Å². The van der Waals surface area contributed by atoms with Gasteiger partial charge < -0.3 is 9.15 Å². The second-order valence-corrected chi connectivity index (χ2v) is 6.87. The van der Waals surface area contributed by atoms with Gasteiger partial charge in [-0.2, -0.15) is 5.10 Å². The van der Waals surface area contributed by atoms with Crippen molar-refractivity contribution in [1.29, 1.82) is 0 Å². The van der Waals surface area contributed by atoms with Gasteiger partial charge in [-0.3, -0.25) is 4.79 Å². The van der Waals surface area contributed by atoms with Crippen LogP contribution in [0.4, 0.5) is 0 Å². The van der Waals surface area contributed by atoms with Crippen molar-refractivity contribution in [3.8, 4) is 5.75 Å². The summed E-state index contributed by atoms with van der Waals surface area (Å²) in [6.07, 6.45) is 5.73. The molecule has 3 aromatic rings. The lowest BCUT2D eigenvalue weighted by Crippen LogP contribution is -2.16. The molecule has 1 aromatic heterocycles. The third-order valence-electron chi connectivity index (χ3n) is 3.89. The SMILES string of the molecule is C=CCOc1ccc(/C=N/NC(=O)c2cc3cc(Br)ccc3o2)cc1CC=C. The van der Waals surface area contributed by atoms with Crippen LogP contribution in [0.25, 0.3) is 11.0 Å². The van der Waals surface area contributed by atoms with Gasteiger partial charge in [0.25, 0.3) is 0 Å². The van der Waals surface area contributed by atoms with Gasteiger partial charge in [-0.15, -0.1) is 6.58 Å². The first-order chi connectivity index (χ1) is 13.6. The third-order valence-corrected chi connectivity index (χ3v) is 4.38. The molecule has 6 heteroatoms. The van der Waals surface area contributed by atoms with E-state index < -0.39 is 5.91 Å². The summed E-state index contributed by atoms with van der Waals surface area (Å²) in [4.78, 5) is 12.3. The summed E-state index contributed by atoms with van der Waals surface area (Å²) < 4.78 is 12.1. The van der Waals surface area contributed by atoms with Gasteiger partial charge in [-0.25, -0.2) is 5.43 Å². The number of amides is 1. The van der Waals surface area contributed by atoms with Crippen molar-refractivity contribution < 1.29 is 13.9 Å². The lowest BCUT2D eigenvalue weighted by atomic mass is 10.1. The first kappa shape index (κ1) is 19.6. The number of nitrogens with one attached hydrogen (secondary N) is 1. The minimum atomic E-state index is -0.416. The van der Waals surface area contributed by atoms with Crippen molar-refractivity contribution in [2.45, 2.75) is 6.42 Å². The van der Waals surface area contributed by atoms with E-state index in [0.29, 0.717) is 18.6 Å². The molecular weight excluding hydrogens is 420 g/mol. The Morgan fingerprint density at radius 3 is 2.82 bits per heavy atom. The lowest BCUT2D eigenvalue weighted by molar-refractivity contribution is 0.0929. The summed E-state index contributed by atoms with van der Waals surface area (Å²) in [6, 6.07) is 12.9. The fourth-order valence-corrected chi connectivity index (χ4v) is 3.01. The summed E-state index contributed by atoms with van der Waals surface area (Å²) in [5, 5.41) is 4.86. The molecule has 0 unspecified atom stereocenters. The van der Waals surface area contributed by atoms with Crippen molar-refractivity contribution in [1.82, 2.24) is 5.43 Å². The Morgan fingerprint density at radius 2 is 2.04 bits per heavy atom. The maximum atomic E-state index is 12.3. The largest absolute Gasteiger partial charge is 0.489 e. The molecular formula is C22H19BrN2O3. The van der Waals surface area contributed by atoms with Crippen LogP contribution in [0.1, 0.15) is 21.7 Å². The average molecular weight is 439 g/mol. The van der Waals surface area contributed by atoms with E-state index in [9.17, 15) is 4.79 Å². The van der Waals surface area contributed by atoms with Crippen LogP contribution in [-0.4, -0.2) is 18.7 Å². The van der Waals surface area contributed by atoms with Gasteiger partial charge in [0.2, 0.25) is 0 Å². The van der Waals surface area contributed by atoms with Crippen molar-refractivity contribution >= 4 is 39.0 Å². The molecule has 142 valence electrons. The van der Waals surface area contributed by atoms with Gasteiger partial charge in [0, 0.05) is 9.86 Å². The summed E-state index contributed by atoms with van der Waals surface area (Å²) in [5.74, 6) is 0.556. The van der Waals surface area contributed by atoms with Crippen LogP contribution in [0.5, 0.6) is 5.75 Å². The molecule has 0 fully saturated rings. The molecule has 0 bridgehead atoms. The molecule has 0 radical (unpaired) electrons. The number of hydrazone groups is 1. The predicted octanol–water partition coefficient (Wildman–Crippen LogP) is 5.25. The fraction of sp³-hybridized carbons (Fsp3) is 0.0909. The third kappa shape index (κ3) is 4.78. The Balaban J connectivity index is 1.70. The average Bonchev–Trinajstić information content (AvgIpc) is 3.11. The van der Waals surface area contributed by atoms with Crippen molar-refractivity contribution in [2.75, 3.05) is 6.61 Å². The number of hydrogen-bond acceptors (Lipinski definition) is 4. The molecule has 0 atom stereocenters. The monoisotopic (exact) mass is 438 g/mol. The van der Waals surface area contributed by atoms with Crippen LogP contribution < -0.4 is 10.2 Å². The molecule has 0 spiro atoms. The van der Waals surface area contributed by atoms with E-state index in [1.807, 2.05) is 30.3 Å². The number of ether oxygens (including phenoxy) is 1. The van der Waals surface area contributed by atoms with Crippen LogP contribution in [0.15, 0.2) is 81.8 Å². The zero-order valence-electron chi connectivity index (χ0n) is 15.2. The van der Waals surface area contributed by atoms with Crippen LogP contribution in [0.3, 0.4) is 0 Å². The first-order valence-corrected chi connectivity index (χ1v) is 9.40. The summed E-state index contributed by atoms with van der Waals surface area (Å²) in [6.45, 7) is 7.85. The number of halogens is 1. The minimum absolute atomic E-state index is 0.200. The number of nitrogens with zero attached hydrogens (tertiary/aromatic N) is 1. The van der Waals surface area contributed by atoms with E-state index in [1.165, 1.54) is 0 Å². The Bertz CT molecular complexity index is 1050. The van der Waals surface area contributed by atoms with Gasteiger partial charge >= 0.3 is 5.91 Å². The zero-order valence-corrected chi connectivity index (χ0v) is 16.7. The van der Waals surface area contributed by atoms with Crippen molar-refractivity contribution in [3.05, 3.63) is 89.1 Å². The molecule has 0 aliphatic rings. The Hall–Kier alpha value is -3.12. The predicted molar refractivity (Wildman–Crippen MR) is 115 cm³/mol. The maximum absolute atomic E-state index is 12.3. The van der Waals surface area contributed by atoms with E-state index in [2.05, 4.69) is 39.6 Å². The number of allylic oxidation sites excluding steroid dienone is 1. The normalized spacial score (nSPS) is 10.9. The molecule has 0 saturated carbocycles. The number of benzene rings is 2. The highest BCUT2D eigenvalue weighted by molar-refractivity contribution is 9.10. The molecule has 28 heavy (non-hydrogen) atoms. The van der Waals surface area contributed by atoms with Gasteiger partial charge in [-0.1, -0.05) is 34.7 Å². The number of carbonyl (C=O) groups excluding carboxylic acids is 1. The summed E-state index contributed by atoms with van der Waals surface area (Å²) in [5.41, 5.74) is 4.94. The molecule has 5 nitrogen and oxygen atoms in total. The Kier molecular flexibility index (Phi) is 6.45. The summed E-state index contributed by atoms with van der Waals surface area (Å²) in [7, 11) is 0. The van der Waals surface area contributed by atoms with E-state index in [-0.39, 0.29) is 5.76 Å². The highest BCUT2D eigenvalue weighted by atomic mass is 79.9. The Labute approximate surface area is 171 Å². The highest BCUT2D eigenvalue weighted by Gasteiger charge is 2.11. The second-order valence-electron chi connectivity index (χ2n) is 5.95. The Morgan fingerprint density at radius 1 is 1.18 bits per heavy atom. The zero-order chi connectivity index (χ0) is 19.9. The highest BCUT2D eigenvalue weighted by Crippen LogP contribution is 2.23. The number of furan rings is 1. The molecule has 0 saturated heterocycles. The van der Waals surface area contributed by atoms with E-state index in [0.717, 1.165) is 26.7 Å².